The highest BCUT2D eigenvalue weighted by Crippen LogP contribution is 2.39. The maximum atomic E-state index is 14.2. The van der Waals surface area contributed by atoms with E-state index < -0.39 is 4.65 Å². The van der Waals surface area contributed by atoms with Crippen LogP contribution in [-0.4, -0.2) is 11.4 Å². The molecule has 0 saturated heterocycles. The van der Waals surface area contributed by atoms with Crippen molar-refractivity contribution in [2.75, 3.05) is 6.54 Å². The molecule has 0 aliphatic carbocycles. The third-order valence-electron chi connectivity index (χ3n) is 5.39. The molecule has 0 radical (unpaired) electrons. The fraction of sp³-hybridized carbons (Fsp3) is 0.200. The minimum absolute atomic E-state index is 0.212. The van der Waals surface area contributed by atoms with Crippen molar-refractivity contribution >= 4 is 5.69 Å². The quantitative estimate of drug-likeness (QED) is 0.426. The monoisotopic (exact) mass is 370 g/mol. The normalized spacial score (nSPS) is 21.7. The van der Waals surface area contributed by atoms with Crippen molar-refractivity contribution in [3.8, 4) is 0 Å². The molecule has 0 N–H and O–H groups in total. The van der Waals surface area contributed by atoms with Gasteiger partial charge in [-0.25, -0.2) is 0 Å². The van der Waals surface area contributed by atoms with Gasteiger partial charge in [-0.15, -0.1) is 0 Å². The summed E-state index contributed by atoms with van der Waals surface area (Å²) in [6, 6.07) is 26.5. The molecular weight excluding hydrogens is 344 g/mol. The second kappa shape index (κ2) is 7.63. The van der Waals surface area contributed by atoms with Crippen LogP contribution in [0.2, 0.25) is 0 Å². The molecule has 0 amide bonds. The highest BCUT2D eigenvalue weighted by Gasteiger charge is 2.36. The highest BCUT2D eigenvalue weighted by molar-refractivity contribution is 5.53. The Labute approximate surface area is 167 Å². The summed E-state index contributed by atoms with van der Waals surface area (Å²) in [6.07, 6.45) is 3.77. The Bertz CT molecular complexity index is 948. The van der Waals surface area contributed by atoms with Crippen LogP contribution in [-0.2, 0) is 6.54 Å². The predicted octanol–water partition coefficient (Wildman–Crippen LogP) is 5.84. The minimum atomic E-state index is -0.460. The number of nitrogens with zero attached hydrogens (tertiary/aromatic N) is 2. The van der Waals surface area contributed by atoms with Crippen LogP contribution < -0.4 is 4.65 Å². The summed E-state index contributed by atoms with van der Waals surface area (Å²) in [6.45, 7) is 5.57. The summed E-state index contributed by atoms with van der Waals surface area (Å²) in [4.78, 5) is 2.24. The standard InChI is InChI=1S/C25H26N2O/c1-20-15-21(2)17-24(16-20)27(28)14-13-26(18-22-9-5-3-6-10-22)19-25(27)23-11-7-4-8-12-23/h3-17,25H,18-19H2,1-2H3. The zero-order valence-electron chi connectivity index (χ0n) is 16.5. The van der Waals surface area contributed by atoms with Crippen molar-refractivity contribution in [3.05, 3.63) is 119 Å². The molecule has 0 fully saturated rings. The van der Waals surface area contributed by atoms with Crippen molar-refractivity contribution in [1.82, 2.24) is 9.55 Å². The smallest absolute Gasteiger partial charge is 0.141 e. The van der Waals surface area contributed by atoms with E-state index in [1.807, 2.05) is 42.6 Å². The van der Waals surface area contributed by atoms with E-state index >= 15 is 0 Å². The molecule has 2 atom stereocenters. The zero-order chi connectivity index (χ0) is 19.6. The second-order valence-corrected chi connectivity index (χ2v) is 7.69. The molecule has 3 heteroatoms. The number of hydroxylamine groups is 2. The first kappa shape index (κ1) is 18.5. The number of benzene rings is 3. The highest BCUT2D eigenvalue weighted by atomic mass is 16.5. The summed E-state index contributed by atoms with van der Waals surface area (Å²) in [7, 11) is 0. The molecule has 0 saturated carbocycles. The lowest BCUT2D eigenvalue weighted by molar-refractivity contribution is 0.226. The number of hydrogen-bond acceptors (Lipinski definition) is 2. The van der Waals surface area contributed by atoms with Gasteiger partial charge in [-0.05, 0) is 30.5 Å². The molecule has 142 valence electrons. The number of hydrogen-bond donors (Lipinski definition) is 0. The summed E-state index contributed by atoms with van der Waals surface area (Å²) < 4.78 is -0.460. The van der Waals surface area contributed by atoms with Gasteiger partial charge in [0.15, 0.2) is 0 Å². The van der Waals surface area contributed by atoms with Crippen LogP contribution in [0.1, 0.15) is 28.3 Å². The lowest BCUT2D eigenvalue weighted by atomic mass is 10.0. The first-order valence-corrected chi connectivity index (χ1v) is 9.75. The molecule has 1 aliphatic rings. The second-order valence-electron chi connectivity index (χ2n) is 7.69. The predicted molar refractivity (Wildman–Crippen MR) is 116 cm³/mol. The Morgan fingerprint density at radius 3 is 2.14 bits per heavy atom. The molecule has 0 aromatic heterocycles. The lowest BCUT2D eigenvalue weighted by Crippen LogP contribution is -2.49. The minimum Gasteiger partial charge on any atom is -0.622 e. The summed E-state index contributed by atoms with van der Waals surface area (Å²) >= 11 is 0. The van der Waals surface area contributed by atoms with Gasteiger partial charge in [-0.1, -0.05) is 66.7 Å². The Morgan fingerprint density at radius 1 is 0.893 bits per heavy atom. The molecule has 0 spiro atoms. The topological polar surface area (TPSA) is 26.3 Å². The summed E-state index contributed by atoms with van der Waals surface area (Å²) in [5.74, 6) is 0. The van der Waals surface area contributed by atoms with Crippen LogP contribution in [0, 0.1) is 19.1 Å². The Morgan fingerprint density at radius 2 is 1.50 bits per heavy atom. The van der Waals surface area contributed by atoms with Crippen molar-refractivity contribution in [1.29, 1.82) is 0 Å². The molecular formula is C25H26N2O. The third-order valence-corrected chi connectivity index (χ3v) is 5.39. The van der Waals surface area contributed by atoms with E-state index in [1.54, 1.807) is 6.20 Å². The van der Waals surface area contributed by atoms with Crippen molar-refractivity contribution in [3.63, 3.8) is 0 Å². The SMILES string of the molecule is Cc1cc(C)cc([N+]2([O-])C=CN(Cc3ccccc3)CC2c2ccccc2)c1. The first-order chi connectivity index (χ1) is 13.5. The van der Waals surface area contributed by atoms with Crippen LogP contribution in [0.25, 0.3) is 0 Å². The van der Waals surface area contributed by atoms with Crippen LogP contribution in [0.3, 0.4) is 0 Å². The largest absolute Gasteiger partial charge is 0.622 e. The third kappa shape index (κ3) is 3.72. The van der Waals surface area contributed by atoms with E-state index in [0.717, 1.165) is 28.9 Å². The number of quaternary nitrogens is 1. The van der Waals surface area contributed by atoms with Gasteiger partial charge < -0.3 is 10.1 Å². The average molecular weight is 370 g/mol. The van der Waals surface area contributed by atoms with Gasteiger partial charge in [-0.3, -0.25) is 4.65 Å². The van der Waals surface area contributed by atoms with Crippen molar-refractivity contribution in [2.45, 2.75) is 26.4 Å². The fourth-order valence-electron chi connectivity index (χ4n) is 4.06. The van der Waals surface area contributed by atoms with Crippen LogP contribution >= 0.6 is 0 Å². The Balaban J connectivity index is 1.74. The fourth-order valence-corrected chi connectivity index (χ4v) is 4.06. The van der Waals surface area contributed by atoms with Crippen LogP contribution in [0.4, 0.5) is 5.69 Å². The molecule has 1 heterocycles. The van der Waals surface area contributed by atoms with Gasteiger partial charge in [0.2, 0.25) is 0 Å². The van der Waals surface area contributed by atoms with E-state index in [9.17, 15) is 5.21 Å². The molecule has 4 rings (SSSR count). The molecule has 28 heavy (non-hydrogen) atoms. The van der Waals surface area contributed by atoms with E-state index in [2.05, 4.69) is 61.2 Å². The maximum Gasteiger partial charge on any atom is 0.141 e. The lowest BCUT2D eigenvalue weighted by Gasteiger charge is -2.49. The van der Waals surface area contributed by atoms with E-state index in [0.29, 0.717) is 6.54 Å². The molecule has 0 bridgehead atoms. The van der Waals surface area contributed by atoms with Gasteiger partial charge in [0.1, 0.15) is 17.9 Å². The van der Waals surface area contributed by atoms with E-state index in [4.69, 9.17) is 0 Å². The van der Waals surface area contributed by atoms with Crippen LogP contribution in [0.5, 0.6) is 0 Å². The summed E-state index contributed by atoms with van der Waals surface area (Å²) in [5.41, 5.74) is 5.35. The Hall–Kier alpha value is -2.88. The van der Waals surface area contributed by atoms with Gasteiger partial charge in [0.05, 0.1) is 12.7 Å². The first-order valence-electron chi connectivity index (χ1n) is 9.75. The van der Waals surface area contributed by atoms with Crippen molar-refractivity contribution in [2.24, 2.45) is 0 Å². The van der Waals surface area contributed by atoms with Crippen LogP contribution in [0.15, 0.2) is 91.3 Å². The maximum absolute atomic E-state index is 14.2. The van der Waals surface area contributed by atoms with Gasteiger partial charge >= 0.3 is 0 Å². The average Bonchev–Trinajstić information content (AvgIpc) is 2.70. The Kier molecular flexibility index (Phi) is 5.03. The van der Waals surface area contributed by atoms with E-state index in [1.165, 1.54) is 5.56 Å². The van der Waals surface area contributed by atoms with Crippen molar-refractivity contribution < 1.29 is 0 Å². The molecule has 3 nitrogen and oxygen atoms in total. The van der Waals surface area contributed by atoms with Gasteiger partial charge in [0, 0.05) is 24.2 Å². The zero-order valence-corrected chi connectivity index (χ0v) is 16.5. The molecule has 3 aromatic carbocycles. The molecule has 2 unspecified atom stereocenters. The van der Waals surface area contributed by atoms with E-state index in [-0.39, 0.29) is 6.04 Å². The van der Waals surface area contributed by atoms with Gasteiger partial charge in [0.25, 0.3) is 0 Å². The molecule has 3 aromatic rings. The number of rotatable bonds is 4. The summed E-state index contributed by atoms with van der Waals surface area (Å²) in [5, 5.41) is 14.2. The van der Waals surface area contributed by atoms with Gasteiger partial charge in [-0.2, -0.15) is 0 Å². The molecule has 1 aliphatic heterocycles. The number of aryl methyl sites for hydroxylation is 2.